The van der Waals surface area contributed by atoms with E-state index >= 15 is 0 Å². The van der Waals surface area contributed by atoms with Crippen LogP contribution in [-0.2, 0) is 16.4 Å². The molecule has 0 saturated carbocycles. The molecule has 0 bridgehead atoms. The molecule has 4 aromatic rings. The lowest BCUT2D eigenvalue weighted by atomic mass is 10.1. The Morgan fingerprint density at radius 2 is 1.90 bits per heavy atom. The minimum absolute atomic E-state index is 0.236. The van der Waals surface area contributed by atoms with Gasteiger partial charge in [0.15, 0.2) is 0 Å². The van der Waals surface area contributed by atoms with Crippen molar-refractivity contribution in [2.75, 3.05) is 13.1 Å². The number of benzene rings is 1. The maximum absolute atomic E-state index is 12.7. The number of pyridine rings is 2. The van der Waals surface area contributed by atoms with Crippen molar-refractivity contribution in [2.45, 2.75) is 24.3 Å². The number of rotatable bonds is 8. The SMILES string of the molecule is C[C@H](CNCCc1c[nH]c2cnccc12)NS(=O)(=O)c1ccc2cnccc2c1. The zero-order chi connectivity index (χ0) is 20.3. The van der Waals surface area contributed by atoms with Gasteiger partial charge >= 0.3 is 0 Å². The zero-order valence-corrected chi connectivity index (χ0v) is 16.9. The van der Waals surface area contributed by atoms with Gasteiger partial charge in [0.1, 0.15) is 0 Å². The monoisotopic (exact) mass is 409 g/mol. The first-order chi connectivity index (χ1) is 14.0. The van der Waals surface area contributed by atoms with Crippen molar-refractivity contribution in [1.29, 1.82) is 0 Å². The van der Waals surface area contributed by atoms with Gasteiger partial charge in [-0.3, -0.25) is 9.97 Å². The Labute approximate surface area is 169 Å². The number of aromatic nitrogens is 3. The minimum Gasteiger partial charge on any atom is -0.360 e. The molecule has 1 aromatic carbocycles. The van der Waals surface area contributed by atoms with Crippen LogP contribution in [0, 0.1) is 0 Å². The molecule has 3 N–H and O–H groups in total. The van der Waals surface area contributed by atoms with E-state index in [1.54, 1.807) is 42.9 Å². The van der Waals surface area contributed by atoms with E-state index in [4.69, 9.17) is 0 Å². The molecule has 0 aliphatic rings. The second-order valence-corrected chi connectivity index (χ2v) is 8.81. The average Bonchev–Trinajstić information content (AvgIpc) is 3.14. The van der Waals surface area contributed by atoms with Crippen LogP contribution in [0.5, 0.6) is 0 Å². The van der Waals surface area contributed by atoms with Gasteiger partial charge in [0.05, 0.1) is 16.6 Å². The molecule has 4 rings (SSSR count). The van der Waals surface area contributed by atoms with Gasteiger partial charge in [0.2, 0.25) is 10.0 Å². The van der Waals surface area contributed by atoms with Crippen LogP contribution in [0.2, 0.25) is 0 Å². The molecule has 7 nitrogen and oxygen atoms in total. The molecular formula is C21H23N5O2S. The minimum atomic E-state index is -3.58. The van der Waals surface area contributed by atoms with Crippen molar-refractivity contribution in [2.24, 2.45) is 0 Å². The zero-order valence-electron chi connectivity index (χ0n) is 16.1. The van der Waals surface area contributed by atoms with Crippen LogP contribution in [0.1, 0.15) is 12.5 Å². The molecule has 0 aliphatic carbocycles. The first kappa shape index (κ1) is 19.5. The van der Waals surface area contributed by atoms with Gasteiger partial charge < -0.3 is 10.3 Å². The number of hydrogen-bond acceptors (Lipinski definition) is 5. The Hall–Kier alpha value is -2.81. The van der Waals surface area contributed by atoms with Crippen molar-refractivity contribution in [3.8, 4) is 0 Å². The molecule has 150 valence electrons. The molecule has 0 unspecified atom stereocenters. The van der Waals surface area contributed by atoms with Crippen molar-refractivity contribution in [3.63, 3.8) is 0 Å². The molecular weight excluding hydrogens is 386 g/mol. The quantitative estimate of drug-likeness (QED) is 0.389. The Morgan fingerprint density at radius 1 is 1.07 bits per heavy atom. The third-order valence-electron chi connectivity index (χ3n) is 4.87. The Bertz CT molecular complexity index is 1240. The van der Waals surface area contributed by atoms with E-state index in [1.165, 1.54) is 10.9 Å². The fourth-order valence-corrected chi connectivity index (χ4v) is 4.66. The van der Waals surface area contributed by atoms with Crippen molar-refractivity contribution < 1.29 is 8.42 Å². The fourth-order valence-electron chi connectivity index (χ4n) is 3.38. The largest absolute Gasteiger partial charge is 0.360 e. The Morgan fingerprint density at radius 3 is 2.79 bits per heavy atom. The third kappa shape index (κ3) is 4.45. The van der Waals surface area contributed by atoms with Gasteiger partial charge in [-0.1, -0.05) is 6.07 Å². The summed E-state index contributed by atoms with van der Waals surface area (Å²) < 4.78 is 28.1. The molecule has 1 atom stereocenters. The van der Waals surface area contributed by atoms with Gasteiger partial charge in [0, 0.05) is 48.1 Å². The lowest BCUT2D eigenvalue weighted by molar-refractivity contribution is 0.537. The number of aromatic amines is 1. The summed E-state index contributed by atoms with van der Waals surface area (Å²) in [6.07, 6.45) is 9.82. The fraction of sp³-hybridized carbons (Fsp3) is 0.238. The highest BCUT2D eigenvalue weighted by atomic mass is 32.2. The van der Waals surface area contributed by atoms with Crippen LogP contribution >= 0.6 is 0 Å². The maximum atomic E-state index is 12.7. The van der Waals surface area contributed by atoms with E-state index in [0.29, 0.717) is 6.54 Å². The van der Waals surface area contributed by atoms with E-state index < -0.39 is 10.0 Å². The Balaban J connectivity index is 1.32. The number of nitrogens with one attached hydrogen (secondary N) is 3. The van der Waals surface area contributed by atoms with Gasteiger partial charge in [-0.05, 0) is 55.1 Å². The van der Waals surface area contributed by atoms with Crippen molar-refractivity contribution in [3.05, 3.63) is 66.9 Å². The maximum Gasteiger partial charge on any atom is 0.240 e. The summed E-state index contributed by atoms with van der Waals surface area (Å²) in [5.41, 5.74) is 2.24. The van der Waals surface area contributed by atoms with Crippen molar-refractivity contribution >= 4 is 31.7 Å². The Kier molecular flexibility index (Phi) is 5.57. The highest BCUT2D eigenvalue weighted by Gasteiger charge is 2.17. The number of H-pyrrole nitrogens is 1. The van der Waals surface area contributed by atoms with E-state index in [9.17, 15) is 8.42 Å². The van der Waals surface area contributed by atoms with E-state index in [2.05, 4.69) is 25.0 Å². The normalized spacial score (nSPS) is 13.1. The predicted molar refractivity (Wildman–Crippen MR) is 114 cm³/mol. The molecule has 0 aliphatic heterocycles. The molecule has 3 heterocycles. The molecule has 0 saturated heterocycles. The average molecular weight is 410 g/mol. The molecule has 29 heavy (non-hydrogen) atoms. The number of hydrogen-bond donors (Lipinski definition) is 3. The highest BCUT2D eigenvalue weighted by Crippen LogP contribution is 2.18. The highest BCUT2D eigenvalue weighted by molar-refractivity contribution is 7.89. The second-order valence-electron chi connectivity index (χ2n) is 7.10. The first-order valence-electron chi connectivity index (χ1n) is 9.50. The van der Waals surface area contributed by atoms with Crippen LogP contribution in [0.25, 0.3) is 21.7 Å². The van der Waals surface area contributed by atoms with Gasteiger partial charge in [-0.2, -0.15) is 0 Å². The summed E-state index contributed by atoms with van der Waals surface area (Å²) in [4.78, 5) is 11.6. The molecule has 0 amide bonds. The predicted octanol–water partition coefficient (Wildman–Crippen LogP) is 2.61. The third-order valence-corrected chi connectivity index (χ3v) is 6.46. The summed E-state index contributed by atoms with van der Waals surface area (Å²) in [6, 6.07) is 8.62. The van der Waals surface area contributed by atoms with Crippen LogP contribution in [-0.4, -0.2) is 42.5 Å². The van der Waals surface area contributed by atoms with Crippen molar-refractivity contribution in [1.82, 2.24) is 25.0 Å². The molecule has 8 heteroatoms. The van der Waals surface area contributed by atoms with Gasteiger partial charge in [-0.25, -0.2) is 13.1 Å². The van der Waals surface area contributed by atoms with Crippen LogP contribution in [0.3, 0.4) is 0 Å². The number of sulfonamides is 1. The summed E-state index contributed by atoms with van der Waals surface area (Å²) >= 11 is 0. The van der Waals surface area contributed by atoms with E-state index in [0.717, 1.165) is 29.3 Å². The summed E-state index contributed by atoms with van der Waals surface area (Å²) in [6.45, 7) is 3.15. The molecule has 3 aromatic heterocycles. The van der Waals surface area contributed by atoms with Crippen LogP contribution < -0.4 is 10.0 Å². The first-order valence-corrected chi connectivity index (χ1v) is 11.0. The second kappa shape index (κ2) is 8.28. The summed E-state index contributed by atoms with van der Waals surface area (Å²) in [5, 5.41) is 6.26. The smallest absolute Gasteiger partial charge is 0.240 e. The lowest BCUT2D eigenvalue weighted by Crippen LogP contribution is -2.40. The number of nitrogens with zero attached hydrogens (tertiary/aromatic N) is 2. The summed E-state index contributed by atoms with van der Waals surface area (Å²) in [7, 11) is -3.58. The van der Waals surface area contributed by atoms with E-state index in [1.807, 2.05) is 25.4 Å². The summed E-state index contributed by atoms with van der Waals surface area (Å²) in [5.74, 6) is 0. The molecule has 0 fully saturated rings. The molecule has 0 radical (unpaired) electrons. The molecule has 0 spiro atoms. The lowest BCUT2D eigenvalue weighted by Gasteiger charge is -2.15. The van der Waals surface area contributed by atoms with Gasteiger partial charge in [0.25, 0.3) is 0 Å². The standard InChI is InChI=1S/C21H23N5O2S/c1-15(11-22-8-5-18-13-25-21-14-24-9-6-20(18)21)26-29(27,28)19-3-2-17-12-23-7-4-16(17)10-19/h2-4,6-7,9-10,12-15,22,25-26H,5,8,11H2,1H3/t15-/m1/s1. The van der Waals surface area contributed by atoms with Gasteiger partial charge in [-0.15, -0.1) is 0 Å². The topological polar surface area (TPSA) is 99.8 Å². The number of fused-ring (bicyclic) bond motifs is 2. The van der Waals surface area contributed by atoms with E-state index in [-0.39, 0.29) is 10.9 Å². The van der Waals surface area contributed by atoms with Crippen LogP contribution in [0.15, 0.2) is 66.2 Å². The van der Waals surface area contributed by atoms with Crippen LogP contribution in [0.4, 0.5) is 0 Å².